The molecule has 0 aliphatic rings. The molecule has 0 aromatic heterocycles. The summed E-state index contributed by atoms with van der Waals surface area (Å²) >= 11 is 6.00. The molecule has 2 rings (SSSR count). The van der Waals surface area contributed by atoms with Crippen molar-refractivity contribution in [2.45, 2.75) is 33.3 Å². The molecule has 0 unspecified atom stereocenters. The fourth-order valence-corrected chi connectivity index (χ4v) is 2.61. The van der Waals surface area contributed by atoms with Gasteiger partial charge >= 0.3 is 5.97 Å². The second-order valence-electron chi connectivity index (χ2n) is 5.89. The van der Waals surface area contributed by atoms with Gasteiger partial charge in [0.15, 0.2) is 6.10 Å². The van der Waals surface area contributed by atoms with Crippen molar-refractivity contribution < 1.29 is 19.1 Å². The third-order valence-corrected chi connectivity index (χ3v) is 4.46. The minimum atomic E-state index is -0.659. The van der Waals surface area contributed by atoms with E-state index >= 15 is 0 Å². The number of amides is 1. The van der Waals surface area contributed by atoms with Crippen molar-refractivity contribution in [2.75, 3.05) is 12.4 Å². The Hall–Kier alpha value is -2.53. The Labute approximate surface area is 158 Å². The highest BCUT2D eigenvalue weighted by Crippen LogP contribution is 2.24. The monoisotopic (exact) mass is 375 g/mol. The number of hydrogen-bond acceptors (Lipinski definition) is 4. The highest BCUT2D eigenvalue weighted by molar-refractivity contribution is 6.33. The summed E-state index contributed by atoms with van der Waals surface area (Å²) in [5.74, 6) is -0.185. The summed E-state index contributed by atoms with van der Waals surface area (Å²) < 4.78 is 10.6. The molecule has 1 N–H and O–H groups in total. The standard InChI is InChI=1S/C20H22ClNO4/c1-5-17(26-18-8-6-7-12(2)13(18)3)19(23)22-14-9-10-16(21)15(11-14)20(24)25-4/h6-11,17H,5H2,1-4H3,(H,22,23)/t17-/m1/s1. The minimum absolute atomic E-state index is 0.190. The largest absolute Gasteiger partial charge is 0.480 e. The van der Waals surface area contributed by atoms with Gasteiger partial charge in [0.25, 0.3) is 5.91 Å². The topological polar surface area (TPSA) is 64.6 Å². The average Bonchev–Trinajstić information content (AvgIpc) is 2.63. The Morgan fingerprint density at radius 2 is 1.92 bits per heavy atom. The number of rotatable bonds is 6. The average molecular weight is 376 g/mol. The van der Waals surface area contributed by atoms with Crippen molar-refractivity contribution in [1.29, 1.82) is 0 Å². The van der Waals surface area contributed by atoms with E-state index in [1.165, 1.54) is 19.2 Å². The Kier molecular flexibility index (Phi) is 6.64. The quantitative estimate of drug-likeness (QED) is 0.753. The van der Waals surface area contributed by atoms with E-state index in [4.69, 9.17) is 16.3 Å². The molecule has 0 fully saturated rings. The summed E-state index contributed by atoms with van der Waals surface area (Å²) in [5, 5.41) is 3.02. The van der Waals surface area contributed by atoms with Crippen molar-refractivity contribution in [1.82, 2.24) is 0 Å². The van der Waals surface area contributed by atoms with Gasteiger partial charge < -0.3 is 14.8 Å². The fraction of sp³-hybridized carbons (Fsp3) is 0.300. The van der Waals surface area contributed by atoms with E-state index in [1.807, 2.05) is 39.0 Å². The molecule has 0 heterocycles. The zero-order valence-corrected chi connectivity index (χ0v) is 16.0. The van der Waals surface area contributed by atoms with Gasteiger partial charge in [-0.2, -0.15) is 0 Å². The van der Waals surface area contributed by atoms with E-state index in [9.17, 15) is 9.59 Å². The fourth-order valence-electron chi connectivity index (χ4n) is 2.42. The normalized spacial score (nSPS) is 11.6. The summed E-state index contributed by atoms with van der Waals surface area (Å²) in [4.78, 5) is 24.3. The van der Waals surface area contributed by atoms with Crippen molar-refractivity contribution in [3.63, 3.8) is 0 Å². The molecule has 6 heteroatoms. The molecule has 0 aliphatic carbocycles. The second kappa shape index (κ2) is 8.72. The highest BCUT2D eigenvalue weighted by atomic mass is 35.5. The molecule has 0 saturated carbocycles. The third kappa shape index (κ3) is 4.55. The van der Waals surface area contributed by atoms with Crippen LogP contribution in [0.15, 0.2) is 36.4 Å². The molecule has 0 spiro atoms. The molecular weight excluding hydrogens is 354 g/mol. The van der Waals surface area contributed by atoms with Crippen LogP contribution in [0.5, 0.6) is 5.75 Å². The van der Waals surface area contributed by atoms with Crippen LogP contribution in [0.2, 0.25) is 5.02 Å². The third-order valence-electron chi connectivity index (χ3n) is 4.13. The van der Waals surface area contributed by atoms with Gasteiger partial charge in [-0.1, -0.05) is 30.7 Å². The van der Waals surface area contributed by atoms with Gasteiger partial charge in [0.1, 0.15) is 5.75 Å². The van der Waals surface area contributed by atoms with Crippen LogP contribution in [0, 0.1) is 13.8 Å². The predicted octanol–water partition coefficient (Wildman–Crippen LogP) is 4.54. The molecule has 0 aliphatic heterocycles. The number of halogens is 1. The van der Waals surface area contributed by atoms with Gasteiger partial charge in [-0.05, 0) is 55.7 Å². The number of carbonyl (C=O) groups is 2. The minimum Gasteiger partial charge on any atom is -0.480 e. The number of anilines is 1. The molecular formula is C20H22ClNO4. The predicted molar refractivity (Wildman–Crippen MR) is 102 cm³/mol. The van der Waals surface area contributed by atoms with Gasteiger partial charge in [0.2, 0.25) is 0 Å². The molecule has 138 valence electrons. The first kappa shape index (κ1) is 19.8. The summed E-state index contributed by atoms with van der Waals surface area (Å²) in [6.45, 7) is 5.82. The molecule has 0 radical (unpaired) electrons. The lowest BCUT2D eigenvalue weighted by molar-refractivity contribution is -0.122. The van der Waals surface area contributed by atoms with E-state index in [1.54, 1.807) is 6.07 Å². The zero-order chi connectivity index (χ0) is 19.3. The molecule has 1 atom stereocenters. The summed E-state index contributed by atoms with van der Waals surface area (Å²) in [6.07, 6.45) is -0.163. The highest BCUT2D eigenvalue weighted by Gasteiger charge is 2.20. The maximum Gasteiger partial charge on any atom is 0.339 e. The molecule has 0 saturated heterocycles. The Balaban J connectivity index is 2.17. The molecule has 1 amide bonds. The van der Waals surface area contributed by atoms with Crippen LogP contribution in [0.25, 0.3) is 0 Å². The first-order valence-electron chi connectivity index (χ1n) is 8.29. The van der Waals surface area contributed by atoms with Crippen molar-refractivity contribution in [3.8, 4) is 5.75 Å². The number of benzene rings is 2. The van der Waals surface area contributed by atoms with Crippen LogP contribution >= 0.6 is 11.6 Å². The Bertz CT molecular complexity index is 819. The van der Waals surface area contributed by atoms with Crippen LogP contribution in [0.4, 0.5) is 5.69 Å². The lowest BCUT2D eigenvalue weighted by Crippen LogP contribution is -2.32. The molecule has 2 aromatic carbocycles. The van der Waals surface area contributed by atoms with Crippen molar-refractivity contribution in [3.05, 3.63) is 58.1 Å². The van der Waals surface area contributed by atoms with E-state index in [0.717, 1.165) is 11.1 Å². The lowest BCUT2D eigenvalue weighted by Gasteiger charge is -2.19. The Morgan fingerprint density at radius 1 is 1.19 bits per heavy atom. The van der Waals surface area contributed by atoms with Crippen molar-refractivity contribution >= 4 is 29.2 Å². The first-order valence-corrected chi connectivity index (χ1v) is 8.66. The van der Waals surface area contributed by atoms with Crippen LogP contribution in [-0.2, 0) is 9.53 Å². The van der Waals surface area contributed by atoms with Crippen LogP contribution in [0.1, 0.15) is 34.8 Å². The maximum atomic E-state index is 12.6. The van der Waals surface area contributed by atoms with E-state index in [-0.39, 0.29) is 16.5 Å². The Morgan fingerprint density at radius 3 is 2.58 bits per heavy atom. The number of aryl methyl sites for hydroxylation is 1. The molecule has 2 aromatic rings. The molecule has 26 heavy (non-hydrogen) atoms. The summed E-state index contributed by atoms with van der Waals surface area (Å²) in [5.41, 5.74) is 2.73. The van der Waals surface area contributed by atoms with Crippen LogP contribution in [0.3, 0.4) is 0 Å². The summed E-state index contributed by atoms with van der Waals surface area (Å²) in [7, 11) is 1.27. The lowest BCUT2D eigenvalue weighted by atomic mass is 10.1. The number of nitrogens with one attached hydrogen (secondary N) is 1. The summed E-state index contributed by atoms with van der Waals surface area (Å²) in [6, 6.07) is 10.4. The van der Waals surface area contributed by atoms with E-state index in [2.05, 4.69) is 10.1 Å². The van der Waals surface area contributed by atoms with Crippen LogP contribution < -0.4 is 10.1 Å². The van der Waals surface area contributed by atoms with Gasteiger partial charge in [-0.15, -0.1) is 0 Å². The van der Waals surface area contributed by atoms with Gasteiger partial charge in [-0.25, -0.2) is 4.79 Å². The SMILES string of the molecule is CC[C@@H](Oc1cccc(C)c1C)C(=O)Nc1ccc(Cl)c(C(=O)OC)c1. The number of carbonyl (C=O) groups excluding carboxylic acids is 2. The van der Waals surface area contributed by atoms with E-state index < -0.39 is 12.1 Å². The smallest absolute Gasteiger partial charge is 0.339 e. The van der Waals surface area contributed by atoms with Gasteiger partial charge in [-0.3, -0.25) is 4.79 Å². The number of ether oxygens (including phenoxy) is 2. The number of hydrogen-bond donors (Lipinski definition) is 1. The van der Waals surface area contributed by atoms with E-state index in [0.29, 0.717) is 17.9 Å². The first-order chi connectivity index (χ1) is 12.4. The van der Waals surface area contributed by atoms with Crippen molar-refractivity contribution in [2.24, 2.45) is 0 Å². The molecule has 5 nitrogen and oxygen atoms in total. The number of esters is 1. The van der Waals surface area contributed by atoms with Gasteiger partial charge in [0, 0.05) is 5.69 Å². The van der Waals surface area contributed by atoms with Crippen LogP contribution in [-0.4, -0.2) is 25.1 Å². The maximum absolute atomic E-state index is 12.6. The number of methoxy groups -OCH3 is 1. The second-order valence-corrected chi connectivity index (χ2v) is 6.30. The zero-order valence-electron chi connectivity index (χ0n) is 15.3. The van der Waals surface area contributed by atoms with Gasteiger partial charge in [0.05, 0.1) is 17.7 Å². The molecule has 0 bridgehead atoms.